The van der Waals surface area contributed by atoms with E-state index in [1.165, 1.54) is 6.92 Å². The number of fused-ring (bicyclic) bond motifs is 2. The van der Waals surface area contributed by atoms with Gasteiger partial charge in [0, 0.05) is 42.0 Å². The largest absolute Gasteiger partial charge is 0.337 e. The van der Waals surface area contributed by atoms with Crippen LogP contribution in [0.2, 0.25) is 5.02 Å². The molecule has 1 aliphatic rings. The predicted molar refractivity (Wildman–Crippen MR) is 106 cm³/mol. The zero-order valence-electron chi connectivity index (χ0n) is 14.8. The molecule has 0 aliphatic carbocycles. The number of nitrogens with one attached hydrogen (secondary N) is 1. The third kappa shape index (κ3) is 3.38. The van der Waals surface area contributed by atoms with Gasteiger partial charge in [0.05, 0.1) is 17.8 Å². The topological polar surface area (TPSA) is 62.3 Å². The van der Waals surface area contributed by atoms with Crippen molar-refractivity contribution in [2.75, 3.05) is 11.9 Å². The molecule has 27 heavy (non-hydrogen) atoms. The minimum atomic E-state index is -0.490. The highest BCUT2D eigenvalue weighted by atomic mass is 35.5. The molecule has 3 aromatic rings. The van der Waals surface area contributed by atoms with Gasteiger partial charge in [-0.25, -0.2) is 0 Å². The molecule has 1 aromatic heterocycles. The third-order valence-corrected chi connectivity index (χ3v) is 5.17. The fourth-order valence-corrected chi connectivity index (χ4v) is 3.70. The summed E-state index contributed by atoms with van der Waals surface area (Å²) in [7, 11) is 0. The van der Waals surface area contributed by atoms with Crippen molar-refractivity contribution < 1.29 is 9.59 Å². The maximum atomic E-state index is 13.1. The summed E-state index contributed by atoms with van der Waals surface area (Å²) in [4.78, 5) is 31.0. The van der Waals surface area contributed by atoms with E-state index in [1.807, 2.05) is 36.4 Å². The number of aromatic nitrogens is 1. The van der Waals surface area contributed by atoms with Gasteiger partial charge in [0.25, 0.3) is 0 Å². The molecular formula is C21H18ClN3O2. The van der Waals surface area contributed by atoms with Crippen LogP contribution < -0.4 is 5.32 Å². The van der Waals surface area contributed by atoms with Gasteiger partial charge in [-0.1, -0.05) is 41.9 Å². The SMILES string of the molecule is CC(=O)N1Cc2ccc(Cl)cc2[C@H](C(=O)Nc2cncc3ccccc23)C1. The molecule has 0 bridgehead atoms. The molecule has 4 rings (SSSR count). The average molecular weight is 380 g/mol. The quantitative estimate of drug-likeness (QED) is 0.732. The Morgan fingerprint density at radius 3 is 2.81 bits per heavy atom. The number of nitrogens with zero attached hydrogens (tertiary/aromatic N) is 2. The average Bonchev–Trinajstić information content (AvgIpc) is 2.67. The van der Waals surface area contributed by atoms with Crippen LogP contribution in [-0.4, -0.2) is 28.2 Å². The van der Waals surface area contributed by atoms with Gasteiger partial charge in [0.2, 0.25) is 11.8 Å². The van der Waals surface area contributed by atoms with Gasteiger partial charge in [-0.05, 0) is 23.3 Å². The van der Waals surface area contributed by atoms with Crippen molar-refractivity contribution in [3.8, 4) is 0 Å². The normalized spacial score (nSPS) is 16.1. The monoisotopic (exact) mass is 379 g/mol. The number of carbonyl (C=O) groups is 2. The van der Waals surface area contributed by atoms with Crippen molar-refractivity contribution in [1.29, 1.82) is 0 Å². The van der Waals surface area contributed by atoms with E-state index in [9.17, 15) is 9.59 Å². The van der Waals surface area contributed by atoms with E-state index in [0.29, 0.717) is 23.8 Å². The van der Waals surface area contributed by atoms with Crippen molar-refractivity contribution in [2.45, 2.75) is 19.4 Å². The predicted octanol–water partition coefficient (Wildman–Crippen LogP) is 3.97. The van der Waals surface area contributed by atoms with Crippen LogP contribution in [0.5, 0.6) is 0 Å². The van der Waals surface area contributed by atoms with E-state index < -0.39 is 5.92 Å². The first-order chi connectivity index (χ1) is 13.0. The van der Waals surface area contributed by atoms with Gasteiger partial charge in [0.1, 0.15) is 0 Å². The number of hydrogen-bond acceptors (Lipinski definition) is 3. The number of halogens is 1. The Bertz CT molecular complexity index is 1050. The van der Waals surface area contributed by atoms with Crippen LogP contribution in [0.25, 0.3) is 10.8 Å². The molecule has 0 unspecified atom stereocenters. The summed E-state index contributed by atoms with van der Waals surface area (Å²) in [5.41, 5.74) is 2.46. The van der Waals surface area contributed by atoms with Crippen LogP contribution in [-0.2, 0) is 16.1 Å². The zero-order chi connectivity index (χ0) is 19.0. The first-order valence-electron chi connectivity index (χ1n) is 8.70. The highest BCUT2D eigenvalue weighted by molar-refractivity contribution is 6.30. The third-order valence-electron chi connectivity index (χ3n) is 4.94. The van der Waals surface area contributed by atoms with E-state index in [-0.39, 0.29) is 11.8 Å². The highest BCUT2D eigenvalue weighted by Gasteiger charge is 2.32. The Labute approximate surface area is 162 Å². The van der Waals surface area contributed by atoms with Crippen molar-refractivity contribution in [2.24, 2.45) is 0 Å². The molecule has 1 atom stereocenters. The summed E-state index contributed by atoms with van der Waals surface area (Å²) in [6.45, 7) is 2.33. The van der Waals surface area contributed by atoms with Gasteiger partial charge in [-0.2, -0.15) is 0 Å². The fraction of sp³-hybridized carbons (Fsp3) is 0.190. The van der Waals surface area contributed by atoms with E-state index in [4.69, 9.17) is 11.6 Å². The summed E-state index contributed by atoms with van der Waals surface area (Å²) < 4.78 is 0. The zero-order valence-corrected chi connectivity index (χ0v) is 15.5. The number of carbonyl (C=O) groups excluding carboxylic acids is 2. The Kier molecular flexibility index (Phi) is 4.54. The fourth-order valence-electron chi connectivity index (χ4n) is 3.52. The molecule has 2 heterocycles. The number of anilines is 1. The minimum absolute atomic E-state index is 0.0553. The van der Waals surface area contributed by atoms with Crippen molar-refractivity contribution in [3.63, 3.8) is 0 Å². The molecule has 6 heteroatoms. The Hall–Kier alpha value is -2.92. The lowest BCUT2D eigenvalue weighted by molar-refractivity contribution is -0.130. The van der Waals surface area contributed by atoms with Crippen LogP contribution in [0.1, 0.15) is 24.0 Å². The van der Waals surface area contributed by atoms with E-state index in [1.54, 1.807) is 23.4 Å². The summed E-state index contributed by atoms with van der Waals surface area (Å²) in [6.07, 6.45) is 3.41. The lowest BCUT2D eigenvalue weighted by Crippen LogP contribution is -2.41. The van der Waals surface area contributed by atoms with E-state index in [0.717, 1.165) is 21.9 Å². The van der Waals surface area contributed by atoms with Crippen molar-refractivity contribution >= 4 is 39.9 Å². The molecule has 1 N–H and O–H groups in total. The maximum Gasteiger partial charge on any atom is 0.233 e. The molecule has 1 aliphatic heterocycles. The number of pyridine rings is 1. The van der Waals surface area contributed by atoms with Crippen LogP contribution in [0.15, 0.2) is 54.9 Å². The van der Waals surface area contributed by atoms with Crippen molar-refractivity contribution in [1.82, 2.24) is 9.88 Å². The second-order valence-electron chi connectivity index (χ2n) is 6.69. The highest BCUT2D eigenvalue weighted by Crippen LogP contribution is 2.32. The van der Waals surface area contributed by atoms with Crippen molar-refractivity contribution in [3.05, 3.63) is 71.0 Å². The molecule has 2 aromatic carbocycles. The number of rotatable bonds is 2. The number of benzene rings is 2. The maximum absolute atomic E-state index is 13.1. The van der Waals surface area contributed by atoms with Crippen LogP contribution in [0.4, 0.5) is 5.69 Å². The summed E-state index contributed by atoms with van der Waals surface area (Å²) in [5.74, 6) is -0.724. The van der Waals surface area contributed by atoms with Gasteiger partial charge in [-0.3, -0.25) is 14.6 Å². The smallest absolute Gasteiger partial charge is 0.233 e. The molecular weight excluding hydrogens is 362 g/mol. The Morgan fingerprint density at radius 1 is 1.19 bits per heavy atom. The first-order valence-corrected chi connectivity index (χ1v) is 9.08. The van der Waals surface area contributed by atoms with Gasteiger partial charge >= 0.3 is 0 Å². The Balaban J connectivity index is 1.70. The molecule has 0 radical (unpaired) electrons. The number of hydrogen-bond donors (Lipinski definition) is 1. The van der Waals surface area contributed by atoms with Crippen LogP contribution >= 0.6 is 11.6 Å². The lowest BCUT2D eigenvalue weighted by Gasteiger charge is -2.33. The molecule has 0 fully saturated rings. The summed E-state index contributed by atoms with van der Waals surface area (Å²) in [5, 5.41) is 5.44. The summed E-state index contributed by atoms with van der Waals surface area (Å²) in [6, 6.07) is 13.2. The van der Waals surface area contributed by atoms with Gasteiger partial charge in [0.15, 0.2) is 0 Å². The molecule has 136 valence electrons. The summed E-state index contributed by atoms with van der Waals surface area (Å²) >= 11 is 6.16. The van der Waals surface area contributed by atoms with Crippen LogP contribution in [0, 0.1) is 0 Å². The van der Waals surface area contributed by atoms with Gasteiger partial charge in [-0.15, -0.1) is 0 Å². The molecule has 0 saturated carbocycles. The van der Waals surface area contributed by atoms with Crippen LogP contribution in [0.3, 0.4) is 0 Å². The molecule has 0 saturated heterocycles. The van der Waals surface area contributed by atoms with Gasteiger partial charge < -0.3 is 10.2 Å². The number of amides is 2. The molecule has 0 spiro atoms. The minimum Gasteiger partial charge on any atom is -0.337 e. The van der Waals surface area contributed by atoms with E-state index in [2.05, 4.69) is 10.3 Å². The molecule has 2 amide bonds. The van der Waals surface area contributed by atoms with E-state index >= 15 is 0 Å². The molecule has 5 nitrogen and oxygen atoms in total. The first kappa shape index (κ1) is 17.5. The second kappa shape index (κ2) is 7.00. The second-order valence-corrected chi connectivity index (χ2v) is 7.13. The Morgan fingerprint density at radius 2 is 2.00 bits per heavy atom. The standard InChI is InChI=1S/C21H18ClN3O2/c1-13(26)25-11-15-6-7-16(22)8-18(15)19(12-25)21(27)24-20-10-23-9-14-4-2-3-5-17(14)20/h2-10,19H,11-12H2,1H3,(H,24,27)/t19-/m1/s1. The lowest BCUT2D eigenvalue weighted by atomic mass is 9.89.